The summed E-state index contributed by atoms with van der Waals surface area (Å²) in [4.78, 5) is 0. The van der Waals surface area contributed by atoms with Crippen molar-refractivity contribution in [1.82, 2.24) is 0 Å². The number of nitrogens with zero attached hydrogens (tertiary/aromatic N) is 2. The highest BCUT2D eigenvalue weighted by Crippen LogP contribution is 2.46. The van der Waals surface area contributed by atoms with Crippen molar-refractivity contribution in [2.24, 2.45) is 10.2 Å². The van der Waals surface area contributed by atoms with Crippen molar-refractivity contribution in [2.45, 2.75) is 71.6 Å². The monoisotopic (exact) mass is 376 g/mol. The minimum atomic E-state index is 0.182. The first kappa shape index (κ1) is 20.3. The summed E-state index contributed by atoms with van der Waals surface area (Å²) in [6.07, 6.45) is 5.13. The van der Waals surface area contributed by atoms with Crippen molar-refractivity contribution in [3.05, 3.63) is 64.2 Å². The molecule has 1 aliphatic rings. The van der Waals surface area contributed by atoms with Crippen molar-refractivity contribution in [2.75, 3.05) is 0 Å². The van der Waals surface area contributed by atoms with E-state index in [2.05, 4.69) is 57.0 Å². The maximum atomic E-state index is 9.38. The van der Waals surface area contributed by atoms with Crippen LogP contribution in [0, 0.1) is 0 Å². The van der Waals surface area contributed by atoms with E-state index in [9.17, 15) is 5.11 Å². The maximum Gasteiger partial charge on any atom is 0.115 e. The van der Waals surface area contributed by atoms with Gasteiger partial charge in [0.25, 0.3) is 0 Å². The van der Waals surface area contributed by atoms with Gasteiger partial charge in [0.2, 0.25) is 0 Å². The molecular weight excluding hydrogens is 344 g/mol. The smallest absolute Gasteiger partial charge is 0.115 e. The number of aryl methyl sites for hydroxylation is 1. The molecule has 2 aromatic carbocycles. The molecule has 1 N–H and O–H groups in total. The number of hydrogen-bond donors (Lipinski definition) is 1. The van der Waals surface area contributed by atoms with Gasteiger partial charge in [-0.3, -0.25) is 0 Å². The van der Waals surface area contributed by atoms with Gasteiger partial charge in [-0.2, -0.15) is 10.2 Å². The van der Waals surface area contributed by atoms with Crippen molar-refractivity contribution < 1.29 is 5.11 Å². The average molecular weight is 377 g/mol. The third-order valence-corrected chi connectivity index (χ3v) is 6.15. The Morgan fingerprint density at radius 2 is 1.57 bits per heavy atom. The fraction of sp³-hybridized carbons (Fsp3) is 0.440. The summed E-state index contributed by atoms with van der Waals surface area (Å²) in [7, 11) is 0. The minimum Gasteiger partial charge on any atom is -0.508 e. The highest BCUT2D eigenvalue weighted by Gasteiger charge is 2.37. The van der Waals surface area contributed by atoms with E-state index in [0.717, 1.165) is 17.7 Å². The van der Waals surface area contributed by atoms with Gasteiger partial charge >= 0.3 is 0 Å². The summed E-state index contributed by atoms with van der Waals surface area (Å²) in [6.45, 7) is 13.7. The Morgan fingerprint density at radius 3 is 2.14 bits per heavy atom. The molecule has 1 aliphatic carbocycles. The van der Waals surface area contributed by atoms with Crippen LogP contribution in [0.2, 0.25) is 0 Å². The van der Waals surface area contributed by atoms with E-state index in [1.54, 1.807) is 18.3 Å². The van der Waals surface area contributed by atoms with Gasteiger partial charge in [-0.25, -0.2) is 0 Å². The van der Waals surface area contributed by atoms with E-state index >= 15 is 0 Å². The van der Waals surface area contributed by atoms with Crippen LogP contribution in [0.5, 0.6) is 5.75 Å². The fourth-order valence-corrected chi connectivity index (χ4v) is 4.08. The second kappa shape index (κ2) is 7.54. The van der Waals surface area contributed by atoms with E-state index in [1.165, 1.54) is 35.1 Å². The van der Waals surface area contributed by atoms with Crippen LogP contribution in [0.3, 0.4) is 0 Å². The first-order chi connectivity index (χ1) is 13.1. The molecule has 0 unspecified atom stereocenters. The number of aromatic hydroxyl groups is 1. The van der Waals surface area contributed by atoms with Gasteiger partial charge < -0.3 is 5.11 Å². The van der Waals surface area contributed by atoms with E-state index in [-0.39, 0.29) is 16.6 Å². The lowest BCUT2D eigenvalue weighted by Crippen LogP contribution is -2.34. The zero-order valence-electron chi connectivity index (χ0n) is 18.0. The third kappa shape index (κ3) is 4.04. The molecule has 0 atom stereocenters. The molecule has 0 aliphatic heterocycles. The summed E-state index contributed by atoms with van der Waals surface area (Å²) >= 11 is 0. The van der Waals surface area contributed by atoms with Gasteiger partial charge in [-0.1, -0.05) is 40.7 Å². The molecule has 0 bridgehead atoms. The molecule has 2 aromatic rings. The summed E-state index contributed by atoms with van der Waals surface area (Å²) in [6, 6.07) is 11.7. The predicted octanol–water partition coefficient (Wildman–Crippen LogP) is 6.15. The lowest BCUT2D eigenvalue weighted by Gasteiger charge is -2.42. The number of hydrogen-bond acceptors (Lipinski definition) is 3. The SMILES string of the molecule is CCc1cc2c(cc1C(C)=N/N=C/c1ccc(O)cc1)C(C)(C)CCC2(C)C. The Balaban J connectivity index is 2.00. The molecule has 0 heterocycles. The molecule has 0 saturated carbocycles. The Labute approximate surface area is 169 Å². The number of fused-ring (bicyclic) bond motifs is 1. The Hall–Kier alpha value is -2.42. The van der Waals surface area contributed by atoms with Crippen LogP contribution in [0.1, 0.15) is 82.2 Å². The molecule has 148 valence electrons. The third-order valence-electron chi connectivity index (χ3n) is 6.15. The van der Waals surface area contributed by atoms with Gasteiger partial charge in [0.05, 0.1) is 11.9 Å². The van der Waals surface area contributed by atoms with Crippen LogP contribution in [0.4, 0.5) is 0 Å². The largest absolute Gasteiger partial charge is 0.508 e. The van der Waals surface area contributed by atoms with E-state index in [4.69, 9.17) is 0 Å². The average Bonchev–Trinajstić information content (AvgIpc) is 2.66. The van der Waals surface area contributed by atoms with Crippen LogP contribution in [-0.4, -0.2) is 17.0 Å². The maximum absolute atomic E-state index is 9.38. The van der Waals surface area contributed by atoms with Crippen LogP contribution in [0.25, 0.3) is 0 Å². The summed E-state index contributed by atoms with van der Waals surface area (Å²) in [5.41, 5.74) is 7.74. The lowest BCUT2D eigenvalue weighted by molar-refractivity contribution is 0.331. The van der Waals surface area contributed by atoms with Gasteiger partial charge in [-0.15, -0.1) is 0 Å². The van der Waals surface area contributed by atoms with Gasteiger partial charge in [0.15, 0.2) is 0 Å². The Morgan fingerprint density at radius 1 is 1.00 bits per heavy atom. The number of phenolic OH excluding ortho intramolecular Hbond substituents is 1. The van der Waals surface area contributed by atoms with Crippen molar-refractivity contribution in [1.29, 1.82) is 0 Å². The van der Waals surface area contributed by atoms with Crippen LogP contribution < -0.4 is 0 Å². The van der Waals surface area contributed by atoms with Gasteiger partial charge in [-0.05, 0) is 89.6 Å². The number of benzene rings is 2. The molecule has 0 amide bonds. The number of rotatable bonds is 4. The molecular formula is C25H32N2O. The summed E-state index contributed by atoms with van der Waals surface area (Å²) in [5, 5.41) is 18.1. The van der Waals surface area contributed by atoms with Crippen molar-refractivity contribution in [3.8, 4) is 5.75 Å². The molecule has 0 saturated heterocycles. The summed E-state index contributed by atoms with van der Waals surface area (Å²) < 4.78 is 0. The minimum absolute atomic E-state index is 0.182. The van der Waals surface area contributed by atoms with Crippen LogP contribution >= 0.6 is 0 Å². The molecule has 3 heteroatoms. The van der Waals surface area contributed by atoms with Crippen molar-refractivity contribution in [3.63, 3.8) is 0 Å². The molecule has 0 spiro atoms. The molecule has 3 nitrogen and oxygen atoms in total. The number of phenols is 1. The zero-order valence-corrected chi connectivity index (χ0v) is 18.0. The zero-order chi connectivity index (χ0) is 20.5. The van der Waals surface area contributed by atoms with Crippen LogP contribution in [0.15, 0.2) is 46.6 Å². The highest BCUT2D eigenvalue weighted by molar-refractivity contribution is 6.00. The van der Waals surface area contributed by atoms with E-state index in [0.29, 0.717) is 0 Å². The quantitative estimate of drug-likeness (QED) is 0.505. The normalized spacial score (nSPS) is 18.3. The summed E-state index contributed by atoms with van der Waals surface area (Å²) in [5.74, 6) is 0.254. The Bertz CT molecular complexity index is 918. The highest BCUT2D eigenvalue weighted by atomic mass is 16.3. The first-order valence-electron chi connectivity index (χ1n) is 10.2. The first-order valence-corrected chi connectivity index (χ1v) is 10.2. The molecule has 3 rings (SSSR count). The van der Waals surface area contributed by atoms with E-state index < -0.39 is 0 Å². The van der Waals surface area contributed by atoms with Gasteiger partial charge in [0.1, 0.15) is 5.75 Å². The molecule has 0 radical (unpaired) electrons. The van der Waals surface area contributed by atoms with E-state index in [1.807, 2.05) is 19.1 Å². The van der Waals surface area contributed by atoms with Crippen molar-refractivity contribution >= 4 is 11.9 Å². The predicted molar refractivity (Wildman–Crippen MR) is 119 cm³/mol. The molecule has 28 heavy (non-hydrogen) atoms. The second-order valence-electron chi connectivity index (χ2n) is 9.20. The van der Waals surface area contributed by atoms with Gasteiger partial charge in [0, 0.05) is 5.56 Å². The standard InChI is InChI=1S/C25H32N2O/c1-7-19-14-22-23(25(5,6)13-12-24(22,3)4)15-21(19)17(2)27-26-16-18-8-10-20(28)11-9-18/h8-11,14-16,28H,7,12-13H2,1-6H3/b26-16+,27-17?. The fourth-order valence-electron chi connectivity index (χ4n) is 4.08. The Kier molecular flexibility index (Phi) is 5.47. The van der Waals surface area contributed by atoms with Crippen LogP contribution in [-0.2, 0) is 17.3 Å². The molecule has 0 fully saturated rings. The second-order valence-corrected chi connectivity index (χ2v) is 9.20. The molecule has 0 aromatic heterocycles. The lowest BCUT2D eigenvalue weighted by atomic mass is 9.62. The topological polar surface area (TPSA) is 45.0 Å².